The molecule has 96 valence electrons. The average molecular weight is 227 g/mol. The first-order chi connectivity index (χ1) is 7.61. The van der Waals surface area contributed by atoms with Crippen LogP contribution in [-0.2, 0) is 0 Å². The van der Waals surface area contributed by atoms with Crippen LogP contribution in [0.3, 0.4) is 0 Å². The Labute approximate surface area is 101 Å². The van der Waals surface area contributed by atoms with E-state index < -0.39 is 0 Å². The van der Waals surface area contributed by atoms with Gasteiger partial charge in [0.05, 0.1) is 0 Å². The first kappa shape index (κ1) is 13.9. The summed E-state index contributed by atoms with van der Waals surface area (Å²) in [5.41, 5.74) is 0. The van der Waals surface area contributed by atoms with Gasteiger partial charge in [0.15, 0.2) is 0 Å². The Balaban J connectivity index is 2.08. The summed E-state index contributed by atoms with van der Waals surface area (Å²) in [7, 11) is 4.49. The maximum Gasteiger partial charge on any atom is 0.00507 e. The SMILES string of the molecule is CCNC(C)CCN(C)CC1CCN(C)C1. The van der Waals surface area contributed by atoms with Gasteiger partial charge in [-0.1, -0.05) is 6.92 Å². The van der Waals surface area contributed by atoms with Crippen LogP contribution in [0.2, 0.25) is 0 Å². The fourth-order valence-corrected chi connectivity index (χ4v) is 2.57. The first-order valence-corrected chi connectivity index (χ1v) is 6.72. The zero-order valence-electron chi connectivity index (χ0n) is 11.5. The van der Waals surface area contributed by atoms with Gasteiger partial charge in [0.2, 0.25) is 0 Å². The molecular weight excluding hydrogens is 198 g/mol. The van der Waals surface area contributed by atoms with E-state index in [1.54, 1.807) is 0 Å². The van der Waals surface area contributed by atoms with Gasteiger partial charge in [-0.2, -0.15) is 0 Å². The number of hydrogen-bond donors (Lipinski definition) is 1. The highest BCUT2D eigenvalue weighted by molar-refractivity contribution is 4.75. The fraction of sp³-hybridized carbons (Fsp3) is 1.00. The summed E-state index contributed by atoms with van der Waals surface area (Å²) in [6, 6.07) is 0.652. The third-order valence-electron chi connectivity index (χ3n) is 3.56. The lowest BCUT2D eigenvalue weighted by atomic mass is 10.1. The van der Waals surface area contributed by atoms with E-state index in [2.05, 4.69) is 43.1 Å². The number of rotatable bonds is 7. The molecule has 2 unspecified atom stereocenters. The minimum atomic E-state index is 0.652. The van der Waals surface area contributed by atoms with Crippen molar-refractivity contribution >= 4 is 0 Å². The molecule has 1 saturated heterocycles. The molecule has 0 aromatic rings. The van der Waals surface area contributed by atoms with Gasteiger partial charge in [0.1, 0.15) is 0 Å². The van der Waals surface area contributed by atoms with E-state index >= 15 is 0 Å². The van der Waals surface area contributed by atoms with Crippen molar-refractivity contribution in [1.29, 1.82) is 0 Å². The topological polar surface area (TPSA) is 18.5 Å². The van der Waals surface area contributed by atoms with Crippen LogP contribution in [0, 0.1) is 5.92 Å². The van der Waals surface area contributed by atoms with Crippen molar-refractivity contribution in [3.05, 3.63) is 0 Å². The number of nitrogens with zero attached hydrogens (tertiary/aromatic N) is 2. The van der Waals surface area contributed by atoms with E-state index in [0.29, 0.717) is 6.04 Å². The zero-order chi connectivity index (χ0) is 12.0. The van der Waals surface area contributed by atoms with Crippen molar-refractivity contribution in [3.63, 3.8) is 0 Å². The van der Waals surface area contributed by atoms with Gasteiger partial charge in [0.25, 0.3) is 0 Å². The first-order valence-electron chi connectivity index (χ1n) is 6.72. The molecule has 0 bridgehead atoms. The van der Waals surface area contributed by atoms with Crippen LogP contribution in [0.15, 0.2) is 0 Å². The predicted octanol–water partition coefficient (Wildman–Crippen LogP) is 1.26. The summed E-state index contributed by atoms with van der Waals surface area (Å²) in [6.45, 7) is 10.6. The van der Waals surface area contributed by atoms with Gasteiger partial charge in [-0.05, 0) is 59.4 Å². The normalized spacial score (nSPS) is 24.2. The van der Waals surface area contributed by atoms with Crippen molar-refractivity contribution in [1.82, 2.24) is 15.1 Å². The third kappa shape index (κ3) is 5.28. The van der Waals surface area contributed by atoms with E-state index in [1.807, 2.05) is 0 Å². The summed E-state index contributed by atoms with van der Waals surface area (Å²) >= 11 is 0. The van der Waals surface area contributed by atoms with Crippen LogP contribution < -0.4 is 5.32 Å². The second kappa shape index (κ2) is 7.25. The Bertz CT molecular complexity index is 184. The molecule has 0 amide bonds. The molecule has 1 aliphatic rings. The summed E-state index contributed by atoms with van der Waals surface area (Å²) < 4.78 is 0. The second-order valence-corrected chi connectivity index (χ2v) is 5.43. The van der Waals surface area contributed by atoms with E-state index in [-0.39, 0.29) is 0 Å². The van der Waals surface area contributed by atoms with Gasteiger partial charge >= 0.3 is 0 Å². The number of hydrogen-bond acceptors (Lipinski definition) is 3. The molecule has 0 aliphatic carbocycles. The summed E-state index contributed by atoms with van der Waals surface area (Å²) in [4.78, 5) is 4.94. The average Bonchev–Trinajstić information content (AvgIpc) is 2.61. The molecule has 0 aromatic carbocycles. The number of likely N-dealkylation sites (tertiary alicyclic amines) is 1. The molecule has 1 heterocycles. The Morgan fingerprint density at radius 1 is 1.50 bits per heavy atom. The molecular formula is C13H29N3. The van der Waals surface area contributed by atoms with Gasteiger partial charge in [-0.3, -0.25) is 0 Å². The quantitative estimate of drug-likeness (QED) is 0.706. The van der Waals surface area contributed by atoms with E-state index in [1.165, 1.54) is 39.0 Å². The summed E-state index contributed by atoms with van der Waals surface area (Å²) in [6.07, 6.45) is 2.64. The molecule has 2 atom stereocenters. The molecule has 1 fully saturated rings. The van der Waals surface area contributed by atoms with Gasteiger partial charge < -0.3 is 15.1 Å². The lowest BCUT2D eigenvalue weighted by molar-refractivity contribution is 0.262. The molecule has 16 heavy (non-hydrogen) atoms. The highest BCUT2D eigenvalue weighted by Gasteiger charge is 2.20. The van der Waals surface area contributed by atoms with E-state index in [9.17, 15) is 0 Å². The smallest absolute Gasteiger partial charge is 0.00507 e. The van der Waals surface area contributed by atoms with Gasteiger partial charge in [-0.15, -0.1) is 0 Å². The lowest BCUT2D eigenvalue weighted by Crippen LogP contribution is -2.33. The maximum atomic E-state index is 3.47. The van der Waals surface area contributed by atoms with Crippen molar-refractivity contribution in [2.45, 2.75) is 32.7 Å². The van der Waals surface area contributed by atoms with Crippen LogP contribution >= 0.6 is 0 Å². The molecule has 0 aromatic heterocycles. The molecule has 3 heteroatoms. The molecule has 1 aliphatic heterocycles. The Morgan fingerprint density at radius 3 is 2.81 bits per heavy atom. The van der Waals surface area contributed by atoms with Crippen LogP contribution in [-0.4, -0.2) is 62.7 Å². The fourth-order valence-electron chi connectivity index (χ4n) is 2.57. The second-order valence-electron chi connectivity index (χ2n) is 5.43. The predicted molar refractivity (Wildman–Crippen MR) is 70.9 cm³/mol. The Morgan fingerprint density at radius 2 is 2.25 bits per heavy atom. The molecule has 1 N–H and O–H groups in total. The van der Waals surface area contributed by atoms with Crippen molar-refractivity contribution in [3.8, 4) is 0 Å². The van der Waals surface area contributed by atoms with E-state index in [0.717, 1.165) is 12.5 Å². The standard InChI is InChI=1S/C13H29N3/c1-5-14-12(2)6-8-15(3)10-13-7-9-16(4)11-13/h12-14H,5-11H2,1-4H3. The third-order valence-corrected chi connectivity index (χ3v) is 3.56. The van der Waals surface area contributed by atoms with Crippen LogP contribution in [0.1, 0.15) is 26.7 Å². The largest absolute Gasteiger partial charge is 0.314 e. The number of nitrogens with one attached hydrogen (secondary N) is 1. The van der Waals surface area contributed by atoms with Crippen molar-refractivity contribution < 1.29 is 0 Å². The highest BCUT2D eigenvalue weighted by Crippen LogP contribution is 2.15. The summed E-state index contributed by atoms with van der Waals surface area (Å²) in [5, 5.41) is 3.47. The van der Waals surface area contributed by atoms with Crippen molar-refractivity contribution in [2.24, 2.45) is 5.92 Å². The van der Waals surface area contributed by atoms with Crippen LogP contribution in [0.5, 0.6) is 0 Å². The highest BCUT2D eigenvalue weighted by atomic mass is 15.1. The monoisotopic (exact) mass is 227 g/mol. The minimum absolute atomic E-state index is 0.652. The molecule has 1 rings (SSSR count). The van der Waals surface area contributed by atoms with Crippen LogP contribution in [0.25, 0.3) is 0 Å². The zero-order valence-corrected chi connectivity index (χ0v) is 11.5. The van der Waals surface area contributed by atoms with Crippen molar-refractivity contribution in [2.75, 3.05) is 46.8 Å². The Hall–Kier alpha value is -0.120. The van der Waals surface area contributed by atoms with Gasteiger partial charge in [0, 0.05) is 19.1 Å². The molecule has 3 nitrogen and oxygen atoms in total. The Kier molecular flexibility index (Phi) is 6.32. The van der Waals surface area contributed by atoms with Crippen LogP contribution in [0.4, 0.5) is 0 Å². The molecule has 0 radical (unpaired) electrons. The van der Waals surface area contributed by atoms with E-state index in [4.69, 9.17) is 0 Å². The molecule has 0 spiro atoms. The maximum absolute atomic E-state index is 3.47. The van der Waals surface area contributed by atoms with Gasteiger partial charge in [-0.25, -0.2) is 0 Å². The lowest BCUT2D eigenvalue weighted by Gasteiger charge is -2.22. The summed E-state index contributed by atoms with van der Waals surface area (Å²) in [5.74, 6) is 0.893. The minimum Gasteiger partial charge on any atom is -0.314 e. The molecule has 0 saturated carbocycles.